The lowest BCUT2D eigenvalue weighted by molar-refractivity contribution is -0.0857. The number of nitrogens with two attached hydrogens (primary N) is 1. The molecule has 1 aliphatic heterocycles. The molecule has 0 aromatic rings. The summed E-state index contributed by atoms with van der Waals surface area (Å²) in [7, 11) is 0. The van der Waals surface area contributed by atoms with Crippen LogP contribution in [0.25, 0.3) is 0 Å². The Bertz CT molecular complexity index is 159. The maximum atomic E-state index is 5.77. The molecular formula is C9H20Cl2N2. The Kier molecular flexibility index (Phi) is 4.51. The average molecular weight is 227 g/mol. The van der Waals surface area contributed by atoms with Crippen molar-refractivity contribution in [2.24, 2.45) is 11.1 Å². The third kappa shape index (κ3) is 2.30. The van der Waals surface area contributed by atoms with Gasteiger partial charge < -0.3 is 5.73 Å². The highest BCUT2D eigenvalue weighted by Crippen LogP contribution is 2.47. The van der Waals surface area contributed by atoms with Crippen LogP contribution < -0.4 is 5.73 Å². The molecule has 0 bridgehead atoms. The fraction of sp³-hybridized carbons (Fsp3) is 1.00. The van der Waals surface area contributed by atoms with E-state index in [1.165, 1.54) is 25.9 Å². The topological polar surface area (TPSA) is 29.3 Å². The smallest absolute Gasteiger partial charge is 0.00544 e. The summed E-state index contributed by atoms with van der Waals surface area (Å²) in [6.07, 6.45) is 2.55. The molecule has 1 aliphatic carbocycles. The summed E-state index contributed by atoms with van der Waals surface area (Å²) in [6.45, 7) is 7.15. The molecule has 1 spiro atoms. The molecule has 0 aromatic heterocycles. The zero-order chi connectivity index (χ0) is 8.06. The highest BCUT2D eigenvalue weighted by atomic mass is 35.5. The summed E-state index contributed by atoms with van der Waals surface area (Å²) in [4.78, 5) is 2.53. The van der Waals surface area contributed by atoms with Crippen LogP contribution in [0, 0.1) is 5.41 Å². The molecule has 2 rings (SSSR count). The molecule has 0 unspecified atom stereocenters. The summed E-state index contributed by atoms with van der Waals surface area (Å²) >= 11 is 0. The first-order valence-corrected chi connectivity index (χ1v) is 4.61. The van der Waals surface area contributed by atoms with E-state index >= 15 is 0 Å². The Morgan fingerprint density at radius 3 is 2.00 bits per heavy atom. The van der Waals surface area contributed by atoms with Crippen LogP contribution in [0.2, 0.25) is 0 Å². The fourth-order valence-electron chi connectivity index (χ4n) is 2.49. The molecule has 2 N–H and O–H groups in total. The second-order valence-corrected chi connectivity index (χ2v) is 4.67. The zero-order valence-corrected chi connectivity index (χ0v) is 9.96. The minimum Gasteiger partial charge on any atom is -0.328 e. The first-order valence-electron chi connectivity index (χ1n) is 4.61. The molecule has 2 aliphatic rings. The SMILES string of the molecule is CC(C)N1CC2(CC(N)C2)C1.Cl.Cl. The van der Waals surface area contributed by atoms with Crippen LogP contribution in [-0.4, -0.2) is 30.1 Å². The van der Waals surface area contributed by atoms with Crippen molar-refractivity contribution < 1.29 is 0 Å². The Labute approximate surface area is 93.1 Å². The summed E-state index contributed by atoms with van der Waals surface area (Å²) < 4.78 is 0. The van der Waals surface area contributed by atoms with Gasteiger partial charge in [-0.2, -0.15) is 0 Å². The van der Waals surface area contributed by atoms with Gasteiger partial charge in [0.25, 0.3) is 0 Å². The first-order chi connectivity index (χ1) is 5.11. The van der Waals surface area contributed by atoms with Gasteiger partial charge in [-0.25, -0.2) is 0 Å². The largest absolute Gasteiger partial charge is 0.328 e. The zero-order valence-electron chi connectivity index (χ0n) is 8.32. The van der Waals surface area contributed by atoms with Crippen molar-refractivity contribution in [3.05, 3.63) is 0 Å². The van der Waals surface area contributed by atoms with Gasteiger partial charge >= 0.3 is 0 Å². The number of hydrogen-bond donors (Lipinski definition) is 1. The Hall–Kier alpha value is 0.500. The molecule has 0 amide bonds. The van der Waals surface area contributed by atoms with E-state index in [-0.39, 0.29) is 24.8 Å². The fourth-order valence-corrected chi connectivity index (χ4v) is 2.49. The lowest BCUT2D eigenvalue weighted by Crippen LogP contribution is -2.66. The minimum absolute atomic E-state index is 0. The van der Waals surface area contributed by atoms with Gasteiger partial charge in [0.1, 0.15) is 0 Å². The van der Waals surface area contributed by atoms with Crippen molar-refractivity contribution in [1.82, 2.24) is 4.90 Å². The van der Waals surface area contributed by atoms with Crippen molar-refractivity contribution in [1.29, 1.82) is 0 Å². The maximum Gasteiger partial charge on any atom is 0.00544 e. The quantitative estimate of drug-likeness (QED) is 0.738. The van der Waals surface area contributed by atoms with Gasteiger partial charge in [0.05, 0.1) is 0 Å². The summed E-state index contributed by atoms with van der Waals surface area (Å²) in [5.74, 6) is 0. The van der Waals surface area contributed by atoms with Crippen molar-refractivity contribution in [3.8, 4) is 0 Å². The lowest BCUT2D eigenvalue weighted by atomic mass is 9.61. The monoisotopic (exact) mass is 226 g/mol. The van der Waals surface area contributed by atoms with Crippen molar-refractivity contribution in [2.45, 2.75) is 38.8 Å². The van der Waals surface area contributed by atoms with Gasteiger partial charge in [-0.15, -0.1) is 24.8 Å². The van der Waals surface area contributed by atoms with E-state index < -0.39 is 0 Å². The maximum absolute atomic E-state index is 5.77. The Morgan fingerprint density at radius 1 is 1.23 bits per heavy atom. The summed E-state index contributed by atoms with van der Waals surface area (Å²) in [5.41, 5.74) is 6.44. The van der Waals surface area contributed by atoms with E-state index in [0.29, 0.717) is 11.5 Å². The van der Waals surface area contributed by atoms with E-state index in [4.69, 9.17) is 5.73 Å². The molecule has 1 saturated heterocycles. The highest BCUT2D eigenvalue weighted by molar-refractivity contribution is 5.85. The number of halogens is 2. The van der Waals surface area contributed by atoms with Crippen LogP contribution in [0.3, 0.4) is 0 Å². The van der Waals surface area contributed by atoms with Crippen molar-refractivity contribution in [3.63, 3.8) is 0 Å². The van der Waals surface area contributed by atoms with Gasteiger partial charge in [-0.05, 0) is 32.1 Å². The molecule has 0 atom stereocenters. The van der Waals surface area contributed by atoms with E-state index in [9.17, 15) is 0 Å². The first kappa shape index (κ1) is 13.5. The number of likely N-dealkylation sites (tertiary alicyclic amines) is 1. The van der Waals surface area contributed by atoms with Crippen LogP contribution in [0.4, 0.5) is 0 Å². The molecular weight excluding hydrogens is 207 g/mol. The van der Waals surface area contributed by atoms with Gasteiger partial charge in [0, 0.05) is 25.2 Å². The number of nitrogens with zero attached hydrogens (tertiary/aromatic N) is 1. The van der Waals surface area contributed by atoms with Crippen molar-refractivity contribution in [2.75, 3.05) is 13.1 Å². The second-order valence-electron chi connectivity index (χ2n) is 4.67. The van der Waals surface area contributed by atoms with Crippen molar-refractivity contribution >= 4 is 24.8 Å². The third-order valence-electron chi connectivity index (χ3n) is 3.20. The van der Waals surface area contributed by atoms with E-state index in [2.05, 4.69) is 18.7 Å². The van der Waals surface area contributed by atoms with E-state index in [1.54, 1.807) is 0 Å². The number of hydrogen-bond acceptors (Lipinski definition) is 2. The van der Waals surface area contributed by atoms with Gasteiger partial charge in [0.15, 0.2) is 0 Å². The van der Waals surface area contributed by atoms with Gasteiger partial charge in [-0.1, -0.05) is 0 Å². The standard InChI is InChI=1S/C9H18N2.2ClH/c1-7(2)11-5-9(6-11)3-8(10)4-9;;/h7-8H,3-6,10H2,1-2H3;2*1H. The van der Waals surface area contributed by atoms with Crippen LogP contribution in [0.15, 0.2) is 0 Å². The second kappa shape index (κ2) is 4.35. The molecule has 0 aromatic carbocycles. The Balaban J connectivity index is 0.000000720. The highest BCUT2D eigenvalue weighted by Gasteiger charge is 2.51. The molecule has 13 heavy (non-hydrogen) atoms. The van der Waals surface area contributed by atoms with Crippen LogP contribution in [0.1, 0.15) is 26.7 Å². The summed E-state index contributed by atoms with van der Waals surface area (Å²) in [5, 5.41) is 0. The van der Waals surface area contributed by atoms with E-state index in [0.717, 1.165) is 6.04 Å². The molecule has 2 nitrogen and oxygen atoms in total. The number of rotatable bonds is 1. The molecule has 1 heterocycles. The van der Waals surface area contributed by atoms with Gasteiger partial charge in [-0.3, -0.25) is 4.90 Å². The predicted octanol–water partition coefficient (Wildman–Crippen LogP) is 1.66. The normalized spacial score (nSPS) is 25.8. The Morgan fingerprint density at radius 2 is 1.69 bits per heavy atom. The van der Waals surface area contributed by atoms with Gasteiger partial charge in [0.2, 0.25) is 0 Å². The summed E-state index contributed by atoms with van der Waals surface area (Å²) in [6, 6.07) is 1.25. The average Bonchev–Trinajstić information content (AvgIpc) is 1.73. The molecule has 80 valence electrons. The molecule has 4 heteroatoms. The molecule has 0 radical (unpaired) electrons. The molecule has 2 fully saturated rings. The lowest BCUT2D eigenvalue weighted by Gasteiger charge is -2.59. The predicted molar refractivity (Wildman–Crippen MR) is 60.8 cm³/mol. The van der Waals surface area contributed by atoms with E-state index in [1.807, 2.05) is 0 Å². The van der Waals surface area contributed by atoms with Crippen LogP contribution >= 0.6 is 24.8 Å². The van der Waals surface area contributed by atoms with Crippen LogP contribution in [-0.2, 0) is 0 Å². The molecule has 1 saturated carbocycles. The van der Waals surface area contributed by atoms with Crippen LogP contribution in [0.5, 0.6) is 0 Å². The minimum atomic E-state index is 0. The third-order valence-corrected chi connectivity index (χ3v) is 3.20.